The second-order valence-electron chi connectivity index (χ2n) is 4.22. The van der Waals surface area contributed by atoms with E-state index in [9.17, 15) is 27.5 Å². The lowest BCUT2D eigenvalue weighted by Crippen LogP contribution is -2.48. The predicted molar refractivity (Wildman–Crippen MR) is 64.6 cm³/mol. The summed E-state index contributed by atoms with van der Waals surface area (Å²) in [5.41, 5.74) is -1.15. The highest BCUT2D eigenvalue weighted by molar-refractivity contribution is 5.80. The van der Waals surface area contributed by atoms with Gasteiger partial charge in [0.2, 0.25) is 11.6 Å². The number of ether oxygens (including phenoxy) is 1. The van der Waals surface area contributed by atoms with Crippen molar-refractivity contribution in [2.45, 2.75) is 26.0 Å². The van der Waals surface area contributed by atoms with E-state index in [0.29, 0.717) is 4.90 Å². The molecule has 0 bridgehead atoms. The van der Waals surface area contributed by atoms with E-state index in [1.54, 1.807) is 0 Å². The van der Waals surface area contributed by atoms with Gasteiger partial charge in [-0.1, -0.05) is 0 Å². The van der Waals surface area contributed by atoms with Crippen LogP contribution in [0, 0.1) is 23.5 Å². The first-order chi connectivity index (χ1) is 9.72. The van der Waals surface area contributed by atoms with E-state index in [2.05, 4.69) is 9.72 Å². The zero-order chi connectivity index (χ0) is 16.3. The summed E-state index contributed by atoms with van der Waals surface area (Å²) in [5.74, 6) is -8.25. The lowest BCUT2D eigenvalue weighted by atomic mass is 10.1. The fraction of sp³-hybridized carbons (Fsp3) is 0.500. The Morgan fingerprint density at radius 2 is 1.76 bits per heavy atom. The van der Waals surface area contributed by atoms with Gasteiger partial charge in [-0.05, 0) is 13.8 Å². The average Bonchev–Trinajstić information content (AvgIpc) is 2.36. The third-order valence-electron chi connectivity index (χ3n) is 2.73. The predicted octanol–water partition coefficient (Wildman–Crippen LogP) is 1.39. The van der Waals surface area contributed by atoms with E-state index in [0.717, 1.165) is 7.05 Å². The van der Waals surface area contributed by atoms with Gasteiger partial charge in [-0.15, -0.1) is 0 Å². The first-order valence-electron chi connectivity index (χ1n) is 5.99. The quantitative estimate of drug-likeness (QED) is 0.506. The van der Waals surface area contributed by atoms with Crippen molar-refractivity contribution in [1.82, 2.24) is 4.98 Å². The van der Waals surface area contributed by atoms with Crippen molar-refractivity contribution in [3.8, 4) is 0 Å². The Hall–Kier alpha value is -1.90. The number of hydrogen-bond donors (Lipinski definition) is 1. The largest absolute Gasteiger partial charge is 0.464 e. The van der Waals surface area contributed by atoms with Gasteiger partial charge in [0.25, 0.3) is 11.9 Å². The van der Waals surface area contributed by atoms with Crippen molar-refractivity contribution < 1.29 is 32.2 Å². The summed E-state index contributed by atoms with van der Waals surface area (Å²) >= 11 is 0. The first-order valence-corrected chi connectivity index (χ1v) is 5.99. The Bertz CT molecular complexity index is 513. The number of carbonyl (C=O) groups excluding carboxylic acids is 1. The molecular weight excluding hydrogens is 296 g/mol. The molecule has 118 valence electrons. The molecule has 0 aliphatic heterocycles. The Kier molecular flexibility index (Phi) is 5.47. The number of esters is 1. The van der Waals surface area contributed by atoms with Gasteiger partial charge >= 0.3 is 5.97 Å². The summed E-state index contributed by atoms with van der Waals surface area (Å²) < 4.78 is 58.1. The van der Waals surface area contributed by atoms with Crippen molar-refractivity contribution in [3.05, 3.63) is 23.5 Å². The van der Waals surface area contributed by atoms with Crippen molar-refractivity contribution in [1.29, 1.82) is 0 Å². The molecule has 9 heteroatoms. The summed E-state index contributed by atoms with van der Waals surface area (Å²) in [6.07, 6.45) is -1.41. The number of likely N-dealkylation sites (N-methyl/N-ethyl adjacent to an activating group) is 1. The third kappa shape index (κ3) is 3.41. The fourth-order valence-corrected chi connectivity index (χ4v) is 1.83. The summed E-state index contributed by atoms with van der Waals surface area (Å²) in [7, 11) is 0.995. The Labute approximate surface area is 118 Å². The summed E-state index contributed by atoms with van der Waals surface area (Å²) in [4.78, 5) is 14.7. The highest BCUT2D eigenvalue weighted by Crippen LogP contribution is 2.27. The van der Waals surface area contributed by atoms with Crippen LogP contribution in [0.15, 0.2) is 0 Å². The number of aliphatic hydroxyl groups is 1. The van der Waals surface area contributed by atoms with Crippen molar-refractivity contribution >= 4 is 11.7 Å². The molecule has 0 saturated carbocycles. The molecule has 0 spiro atoms. The molecule has 0 radical (unpaired) electrons. The highest BCUT2D eigenvalue weighted by atomic mass is 19.2. The fourth-order valence-electron chi connectivity index (χ4n) is 1.83. The van der Waals surface area contributed by atoms with E-state index < -0.39 is 47.3 Å². The molecule has 0 aliphatic carbocycles. The zero-order valence-corrected chi connectivity index (χ0v) is 11.5. The van der Waals surface area contributed by atoms with Gasteiger partial charge in [-0.3, -0.25) is 0 Å². The van der Waals surface area contributed by atoms with Crippen LogP contribution in [0.3, 0.4) is 0 Å². The normalized spacial score (nSPS) is 13.7. The van der Waals surface area contributed by atoms with Crippen LogP contribution in [0.1, 0.15) is 13.8 Å². The van der Waals surface area contributed by atoms with E-state index in [-0.39, 0.29) is 6.61 Å². The zero-order valence-electron chi connectivity index (χ0n) is 11.5. The van der Waals surface area contributed by atoms with E-state index in [4.69, 9.17) is 0 Å². The van der Waals surface area contributed by atoms with E-state index in [1.165, 1.54) is 13.8 Å². The minimum atomic E-state index is -1.86. The average molecular weight is 310 g/mol. The van der Waals surface area contributed by atoms with Gasteiger partial charge in [0.1, 0.15) is 5.69 Å². The molecule has 21 heavy (non-hydrogen) atoms. The first kappa shape index (κ1) is 17.2. The van der Waals surface area contributed by atoms with E-state index in [1.807, 2.05) is 0 Å². The number of aliphatic hydroxyl groups excluding tert-OH is 1. The van der Waals surface area contributed by atoms with Gasteiger partial charge in [-0.2, -0.15) is 22.5 Å². The molecule has 0 fully saturated rings. The van der Waals surface area contributed by atoms with Crippen LogP contribution in [0.25, 0.3) is 0 Å². The molecule has 0 saturated heterocycles. The molecule has 1 aromatic heterocycles. The molecular formula is C12H14F4N2O3. The van der Waals surface area contributed by atoms with Crippen molar-refractivity contribution in [2.75, 3.05) is 18.6 Å². The molecule has 5 nitrogen and oxygen atoms in total. The Morgan fingerprint density at radius 3 is 2.14 bits per heavy atom. The van der Waals surface area contributed by atoms with Gasteiger partial charge in [0.05, 0.1) is 12.7 Å². The minimum Gasteiger partial charge on any atom is -0.464 e. The Balaban J connectivity index is 3.34. The van der Waals surface area contributed by atoms with Crippen molar-refractivity contribution in [3.63, 3.8) is 0 Å². The van der Waals surface area contributed by atoms with Crippen LogP contribution in [0.4, 0.5) is 23.2 Å². The number of anilines is 1. The molecule has 1 aromatic rings. The number of halogens is 4. The van der Waals surface area contributed by atoms with Gasteiger partial charge < -0.3 is 14.7 Å². The summed E-state index contributed by atoms with van der Waals surface area (Å²) in [5, 5.41) is 9.57. The van der Waals surface area contributed by atoms with Gasteiger partial charge in [-0.25, -0.2) is 4.79 Å². The standard InChI is InChI=1S/C12H14F4N2O3/c1-4-21-12(20)8(5(2)19)18(3)9-6(13)10(15)17-11(16)7(9)14/h5,8,19H,4H2,1-3H3. The molecule has 1 heterocycles. The second-order valence-corrected chi connectivity index (χ2v) is 4.22. The number of rotatable bonds is 5. The minimum absolute atomic E-state index is 0.0417. The molecule has 2 unspecified atom stereocenters. The van der Waals surface area contributed by atoms with Crippen LogP contribution in [0.5, 0.6) is 0 Å². The number of hydrogen-bond acceptors (Lipinski definition) is 5. The molecule has 0 aromatic carbocycles. The maximum absolute atomic E-state index is 13.6. The highest BCUT2D eigenvalue weighted by Gasteiger charge is 2.34. The second kappa shape index (κ2) is 6.70. The third-order valence-corrected chi connectivity index (χ3v) is 2.73. The van der Waals surface area contributed by atoms with Crippen LogP contribution >= 0.6 is 0 Å². The monoisotopic (exact) mass is 310 g/mol. The van der Waals surface area contributed by atoms with Gasteiger partial charge in [0.15, 0.2) is 6.04 Å². The maximum atomic E-state index is 13.6. The van der Waals surface area contributed by atoms with Crippen LogP contribution in [-0.4, -0.2) is 41.9 Å². The van der Waals surface area contributed by atoms with E-state index >= 15 is 0 Å². The molecule has 2 atom stereocenters. The molecule has 0 aliphatic rings. The topological polar surface area (TPSA) is 62.7 Å². The molecule has 1 N–H and O–H groups in total. The maximum Gasteiger partial charge on any atom is 0.331 e. The lowest BCUT2D eigenvalue weighted by Gasteiger charge is -2.30. The lowest BCUT2D eigenvalue weighted by molar-refractivity contribution is -0.147. The number of carbonyl (C=O) groups is 1. The summed E-state index contributed by atoms with van der Waals surface area (Å²) in [6.45, 7) is 2.62. The molecule has 1 rings (SSSR count). The number of nitrogens with zero attached hydrogens (tertiary/aromatic N) is 2. The van der Waals surface area contributed by atoms with Crippen LogP contribution in [0.2, 0.25) is 0 Å². The summed E-state index contributed by atoms with van der Waals surface area (Å²) in [6, 6.07) is -1.55. The van der Waals surface area contributed by atoms with Crippen molar-refractivity contribution in [2.24, 2.45) is 0 Å². The smallest absolute Gasteiger partial charge is 0.331 e. The van der Waals surface area contributed by atoms with Crippen LogP contribution < -0.4 is 4.90 Å². The SMILES string of the molecule is CCOC(=O)C(C(C)O)N(C)c1c(F)c(F)nc(F)c1F. The number of aromatic nitrogens is 1. The molecule has 0 amide bonds. The number of pyridine rings is 1. The van der Waals surface area contributed by atoms with Gasteiger partial charge in [0, 0.05) is 7.05 Å². The van der Waals surface area contributed by atoms with Crippen LogP contribution in [-0.2, 0) is 9.53 Å². The Morgan fingerprint density at radius 1 is 1.29 bits per heavy atom.